The zero-order chi connectivity index (χ0) is 13.1. The second-order valence-electron chi connectivity index (χ2n) is 3.86. The van der Waals surface area contributed by atoms with Gasteiger partial charge in [-0.2, -0.15) is 0 Å². The van der Waals surface area contributed by atoms with Crippen LogP contribution in [0, 0.1) is 0 Å². The highest BCUT2D eigenvalue weighted by molar-refractivity contribution is 8.13. The molecule has 0 spiro atoms. The van der Waals surface area contributed by atoms with Gasteiger partial charge < -0.3 is 10.0 Å². The minimum atomic E-state index is 0.124. The van der Waals surface area contributed by atoms with E-state index >= 15 is 0 Å². The van der Waals surface area contributed by atoms with E-state index in [4.69, 9.17) is 5.11 Å². The summed E-state index contributed by atoms with van der Waals surface area (Å²) < 4.78 is 0. The standard InChI is InChI=1S/C12H23NO3S/c1-3-12(16)13(7-4-5-9-14)8-6-10-17-11(2)15/h14H,3-10H2,1-2H3. The van der Waals surface area contributed by atoms with Crippen molar-refractivity contribution in [2.45, 2.75) is 39.5 Å². The number of aliphatic hydroxyl groups excluding tert-OH is 1. The van der Waals surface area contributed by atoms with Gasteiger partial charge in [0.15, 0.2) is 5.12 Å². The van der Waals surface area contributed by atoms with Crippen LogP contribution >= 0.6 is 11.8 Å². The lowest BCUT2D eigenvalue weighted by Crippen LogP contribution is -2.32. The van der Waals surface area contributed by atoms with Crippen LogP contribution in [0.5, 0.6) is 0 Å². The Morgan fingerprint density at radius 3 is 2.35 bits per heavy atom. The molecule has 100 valence electrons. The SMILES string of the molecule is CCC(=O)N(CCCCO)CCCSC(C)=O. The highest BCUT2D eigenvalue weighted by atomic mass is 32.2. The molecule has 17 heavy (non-hydrogen) atoms. The molecule has 0 fully saturated rings. The zero-order valence-corrected chi connectivity index (χ0v) is 11.6. The molecule has 0 aromatic heterocycles. The molecule has 0 aliphatic carbocycles. The van der Waals surface area contributed by atoms with Crippen molar-refractivity contribution in [3.8, 4) is 0 Å². The summed E-state index contributed by atoms with van der Waals surface area (Å²) in [7, 11) is 0. The molecule has 1 amide bonds. The average Bonchev–Trinajstić information content (AvgIpc) is 2.31. The molecule has 5 heteroatoms. The number of rotatable bonds is 9. The fourth-order valence-corrected chi connectivity index (χ4v) is 2.03. The fourth-order valence-electron chi connectivity index (χ4n) is 1.47. The Hall–Kier alpha value is -0.550. The van der Waals surface area contributed by atoms with Crippen LogP contribution < -0.4 is 0 Å². The van der Waals surface area contributed by atoms with E-state index in [9.17, 15) is 9.59 Å². The van der Waals surface area contributed by atoms with Crippen molar-refractivity contribution in [1.29, 1.82) is 0 Å². The molecule has 0 aromatic carbocycles. The Morgan fingerprint density at radius 1 is 1.18 bits per heavy atom. The Labute approximate surface area is 108 Å². The fraction of sp³-hybridized carbons (Fsp3) is 0.833. The molecular formula is C12H23NO3S. The molecule has 0 saturated heterocycles. The van der Waals surface area contributed by atoms with Crippen molar-refractivity contribution in [2.24, 2.45) is 0 Å². The van der Waals surface area contributed by atoms with Crippen molar-refractivity contribution in [1.82, 2.24) is 4.90 Å². The first-order valence-electron chi connectivity index (χ1n) is 6.13. The van der Waals surface area contributed by atoms with Gasteiger partial charge in [0.25, 0.3) is 0 Å². The van der Waals surface area contributed by atoms with Crippen molar-refractivity contribution in [3.05, 3.63) is 0 Å². The normalized spacial score (nSPS) is 10.3. The number of hydrogen-bond acceptors (Lipinski definition) is 4. The van der Waals surface area contributed by atoms with Gasteiger partial charge in [-0.15, -0.1) is 0 Å². The lowest BCUT2D eigenvalue weighted by atomic mass is 10.2. The van der Waals surface area contributed by atoms with Gasteiger partial charge in [-0.25, -0.2) is 0 Å². The third kappa shape index (κ3) is 9.18. The number of aliphatic hydroxyl groups is 1. The molecule has 4 nitrogen and oxygen atoms in total. The van der Waals surface area contributed by atoms with Crippen LogP contribution in [0.2, 0.25) is 0 Å². The van der Waals surface area contributed by atoms with Crippen LogP contribution in [0.15, 0.2) is 0 Å². The zero-order valence-electron chi connectivity index (χ0n) is 10.8. The number of carbonyl (C=O) groups excluding carboxylic acids is 2. The topological polar surface area (TPSA) is 57.6 Å². The minimum absolute atomic E-state index is 0.124. The Bertz CT molecular complexity index is 234. The third-order valence-electron chi connectivity index (χ3n) is 2.37. The molecule has 0 aliphatic rings. The highest BCUT2D eigenvalue weighted by Gasteiger charge is 2.10. The summed E-state index contributed by atoms with van der Waals surface area (Å²) in [6, 6.07) is 0. The molecule has 0 unspecified atom stereocenters. The van der Waals surface area contributed by atoms with Gasteiger partial charge in [-0.3, -0.25) is 9.59 Å². The quantitative estimate of drug-likeness (QED) is 0.641. The summed E-state index contributed by atoms with van der Waals surface area (Å²) in [5.74, 6) is 0.916. The first-order valence-corrected chi connectivity index (χ1v) is 7.12. The number of thioether (sulfide) groups is 1. The molecule has 0 bridgehead atoms. The molecule has 0 saturated carbocycles. The van der Waals surface area contributed by atoms with Crippen molar-refractivity contribution < 1.29 is 14.7 Å². The van der Waals surface area contributed by atoms with Crippen LogP contribution in [0.1, 0.15) is 39.5 Å². The number of nitrogens with zero attached hydrogens (tertiary/aromatic N) is 1. The number of amides is 1. The number of hydrogen-bond donors (Lipinski definition) is 1. The van der Waals surface area contributed by atoms with E-state index in [1.54, 1.807) is 6.92 Å². The maximum atomic E-state index is 11.6. The minimum Gasteiger partial charge on any atom is -0.396 e. The smallest absolute Gasteiger partial charge is 0.222 e. The van der Waals surface area contributed by atoms with E-state index in [0.29, 0.717) is 19.5 Å². The van der Waals surface area contributed by atoms with Crippen LogP contribution in [0.25, 0.3) is 0 Å². The van der Waals surface area contributed by atoms with Crippen LogP contribution in [-0.4, -0.2) is 46.5 Å². The summed E-state index contributed by atoms with van der Waals surface area (Å²) in [5, 5.41) is 8.83. The van der Waals surface area contributed by atoms with Gasteiger partial charge in [0, 0.05) is 38.8 Å². The summed E-state index contributed by atoms with van der Waals surface area (Å²) in [5.41, 5.74) is 0. The predicted octanol–water partition coefficient (Wildman–Crippen LogP) is 1.67. The molecule has 0 heterocycles. The predicted molar refractivity (Wildman–Crippen MR) is 70.9 cm³/mol. The van der Waals surface area contributed by atoms with Gasteiger partial charge in [-0.1, -0.05) is 18.7 Å². The molecule has 0 aromatic rings. The Morgan fingerprint density at radius 2 is 1.82 bits per heavy atom. The number of carbonyl (C=O) groups is 2. The van der Waals surface area contributed by atoms with Crippen molar-refractivity contribution in [3.63, 3.8) is 0 Å². The van der Waals surface area contributed by atoms with Gasteiger partial charge in [-0.05, 0) is 19.3 Å². The second kappa shape index (κ2) is 10.6. The van der Waals surface area contributed by atoms with E-state index in [1.807, 2.05) is 11.8 Å². The maximum Gasteiger partial charge on any atom is 0.222 e. The first-order chi connectivity index (χ1) is 8.11. The Balaban J connectivity index is 3.85. The van der Waals surface area contributed by atoms with Crippen LogP contribution in [0.3, 0.4) is 0 Å². The lowest BCUT2D eigenvalue weighted by molar-refractivity contribution is -0.131. The summed E-state index contributed by atoms with van der Waals surface area (Å²) in [4.78, 5) is 24.2. The summed E-state index contributed by atoms with van der Waals surface area (Å²) in [6.45, 7) is 5.00. The highest BCUT2D eigenvalue weighted by Crippen LogP contribution is 2.06. The van der Waals surface area contributed by atoms with E-state index in [-0.39, 0.29) is 17.6 Å². The third-order valence-corrected chi connectivity index (χ3v) is 3.27. The van der Waals surface area contributed by atoms with Crippen molar-refractivity contribution in [2.75, 3.05) is 25.4 Å². The van der Waals surface area contributed by atoms with Gasteiger partial charge in [0.1, 0.15) is 0 Å². The summed E-state index contributed by atoms with van der Waals surface area (Å²) >= 11 is 1.30. The molecule has 0 aliphatic heterocycles. The van der Waals surface area contributed by atoms with E-state index in [1.165, 1.54) is 11.8 Å². The largest absolute Gasteiger partial charge is 0.396 e. The van der Waals surface area contributed by atoms with E-state index in [0.717, 1.165) is 25.0 Å². The van der Waals surface area contributed by atoms with Gasteiger partial charge in [0.05, 0.1) is 0 Å². The van der Waals surface area contributed by atoms with E-state index in [2.05, 4.69) is 0 Å². The molecule has 0 radical (unpaired) electrons. The lowest BCUT2D eigenvalue weighted by Gasteiger charge is -2.21. The van der Waals surface area contributed by atoms with Gasteiger partial charge >= 0.3 is 0 Å². The monoisotopic (exact) mass is 261 g/mol. The molecule has 0 rings (SSSR count). The first kappa shape index (κ1) is 16.4. The molecular weight excluding hydrogens is 238 g/mol. The average molecular weight is 261 g/mol. The molecule has 0 atom stereocenters. The van der Waals surface area contributed by atoms with Gasteiger partial charge in [0.2, 0.25) is 5.91 Å². The number of unbranched alkanes of at least 4 members (excludes halogenated alkanes) is 1. The second-order valence-corrected chi connectivity index (χ2v) is 5.13. The maximum absolute atomic E-state index is 11.6. The van der Waals surface area contributed by atoms with Crippen LogP contribution in [0.4, 0.5) is 0 Å². The van der Waals surface area contributed by atoms with Crippen molar-refractivity contribution >= 4 is 22.8 Å². The molecule has 1 N–H and O–H groups in total. The van der Waals surface area contributed by atoms with Crippen LogP contribution in [-0.2, 0) is 9.59 Å². The summed E-state index contributed by atoms with van der Waals surface area (Å²) in [6.07, 6.45) is 2.92. The van der Waals surface area contributed by atoms with E-state index < -0.39 is 0 Å². The Kier molecular flexibility index (Phi) is 10.3.